The van der Waals surface area contributed by atoms with Crippen LogP contribution in [0.1, 0.15) is 40.1 Å². The molecule has 1 aliphatic carbocycles. The van der Waals surface area contributed by atoms with Crippen molar-refractivity contribution in [3.8, 4) is 0 Å². The molecule has 5 aromatic rings. The molecule has 8 nitrogen and oxygen atoms in total. The summed E-state index contributed by atoms with van der Waals surface area (Å²) in [7, 11) is -3.77. The highest BCUT2D eigenvalue weighted by atomic mass is 32.2. The van der Waals surface area contributed by atoms with Crippen LogP contribution < -0.4 is 5.32 Å². The van der Waals surface area contributed by atoms with E-state index < -0.39 is 9.84 Å². The highest BCUT2D eigenvalue weighted by molar-refractivity contribution is 7.91. The van der Waals surface area contributed by atoms with Crippen LogP contribution in [-0.4, -0.2) is 28.7 Å². The number of hydrogen-bond acceptors (Lipinski definition) is 6. The van der Waals surface area contributed by atoms with E-state index in [9.17, 15) is 13.2 Å². The lowest BCUT2D eigenvalue weighted by Gasteiger charge is -2.09. The monoisotopic (exact) mass is 486 g/mol. The quantitative estimate of drug-likeness (QED) is 0.401. The van der Waals surface area contributed by atoms with Gasteiger partial charge in [-0.25, -0.2) is 18.4 Å². The van der Waals surface area contributed by atoms with Crippen LogP contribution in [0, 0.1) is 0 Å². The van der Waals surface area contributed by atoms with Crippen molar-refractivity contribution in [3.63, 3.8) is 0 Å². The second kappa shape index (κ2) is 8.35. The lowest BCUT2D eigenvalue weighted by Crippen LogP contribution is -2.23. The molecular formula is C26H22N4O4S. The molecule has 6 rings (SSSR count). The van der Waals surface area contributed by atoms with Crippen molar-refractivity contribution in [3.05, 3.63) is 89.7 Å². The maximum absolute atomic E-state index is 13.5. The molecule has 1 N–H and O–H groups in total. The topological polar surface area (TPSA) is 107 Å². The van der Waals surface area contributed by atoms with Crippen LogP contribution in [0.3, 0.4) is 0 Å². The summed E-state index contributed by atoms with van der Waals surface area (Å²) in [5.74, 6) is 1.14. The van der Waals surface area contributed by atoms with E-state index in [1.54, 1.807) is 59.4 Å². The normalized spacial score (nSPS) is 13.7. The number of amides is 1. The largest absolute Gasteiger partial charge is 0.459 e. The number of benzene rings is 2. The number of carbonyl (C=O) groups is 1. The van der Waals surface area contributed by atoms with E-state index in [1.165, 1.54) is 6.20 Å². The Bertz CT molecular complexity index is 1680. The van der Waals surface area contributed by atoms with Crippen molar-refractivity contribution in [2.75, 3.05) is 0 Å². The molecule has 0 fully saturated rings. The van der Waals surface area contributed by atoms with Gasteiger partial charge in [0.1, 0.15) is 10.7 Å². The van der Waals surface area contributed by atoms with Crippen molar-refractivity contribution in [1.29, 1.82) is 0 Å². The minimum absolute atomic E-state index is 0.184. The molecule has 35 heavy (non-hydrogen) atoms. The number of fused-ring (bicyclic) bond motifs is 4. The number of carbonyl (C=O) groups excluding carboxylic acids is 1. The van der Waals surface area contributed by atoms with Crippen LogP contribution in [0.25, 0.3) is 16.7 Å². The summed E-state index contributed by atoms with van der Waals surface area (Å²) in [6.45, 7) is 0.252. The summed E-state index contributed by atoms with van der Waals surface area (Å²) in [6, 6.07) is 11.9. The van der Waals surface area contributed by atoms with Crippen LogP contribution in [-0.2, 0) is 29.2 Å². The average molecular weight is 487 g/mol. The van der Waals surface area contributed by atoms with E-state index in [-0.39, 0.29) is 22.2 Å². The summed E-state index contributed by atoms with van der Waals surface area (Å²) in [4.78, 5) is 21.1. The van der Waals surface area contributed by atoms with Crippen LogP contribution >= 0.6 is 0 Å². The lowest BCUT2D eigenvalue weighted by molar-refractivity contribution is 0.0950. The maximum atomic E-state index is 13.5. The van der Waals surface area contributed by atoms with E-state index in [1.807, 2.05) is 6.07 Å². The number of imidazole rings is 1. The molecule has 1 aliphatic rings. The molecule has 0 atom stereocenters. The van der Waals surface area contributed by atoms with Gasteiger partial charge in [0.25, 0.3) is 5.91 Å². The maximum Gasteiger partial charge on any atom is 0.254 e. The molecule has 3 heterocycles. The number of aryl methyl sites for hydroxylation is 2. The number of para-hydroxylation sites is 1. The Morgan fingerprint density at radius 2 is 1.89 bits per heavy atom. The molecule has 0 spiro atoms. The van der Waals surface area contributed by atoms with Crippen molar-refractivity contribution < 1.29 is 17.6 Å². The first kappa shape index (κ1) is 21.5. The van der Waals surface area contributed by atoms with Crippen LogP contribution in [0.4, 0.5) is 0 Å². The first-order valence-corrected chi connectivity index (χ1v) is 12.9. The molecular weight excluding hydrogens is 464 g/mol. The zero-order valence-electron chi connectivity index (χ0n) is 18.8. The Kier molecular flexibility index (Phi) is 5.14. The second-order valence-electron chi connectivity index (χ2n) is 8.65. The van der Waals surface area contributed by atoms with Gasteiger partial charge in [-0.05, 0) is 43.0 Å². The fourth-order valence-electron chi connectivity index (χ4n) is 4.60. The Morgan fingerprint density at radius 3 is 2.74 bits per heavy atom. The number of nitrogens with zero attached hydrogens (tertiary/aromatic N) is 3. The number of furan rings is 1. The standard InChI is InChI=1S/C26H22N4O4S/c31-25(18-15-29-26-27-12-13-30(26)16-18)28-14-17-8-10-19(11-9-17)35(32,33)23-7-3-5-21-20-4-1-2-6-22(20)34-24(21)23/h3,5,7-13,15-16H,1-2,4,6,14H2,(H,28,31). The highest BCUT2D eigenvalue weighted by Gasteiger charge is 2.26. The molecule has 9 heteroatoms. The summed E-state index contributed by atoms with van der Waals surface area (Å²) in [5.41, 5.74) is 2.76. The van der Waals surface area contributed by atoms with Gasteiger partial charge < -0.3 is 9.73 Å². The molecule has 0 aliphatic heterocycles. The molecule has 3 aromatic heterocycles. The third-order valence-electron chi connectivity index (χ3n) is 6.43. The molecule has 176 valence electrons. The van der Waals surface area contributed by atoms with E-state index in [2.05, 4.69) is 15.3 Å². The van der Waals surface area contributed by atoms with Gasteiger partial charge in [-0.15, -0.1) is 0 Å². The minimum atomic E-state index is -3.77. The molecule has 0 radical (unpaired) electrons. The van der Waals surface area contributed by atoms with Crippen LogP contribution in [0.15, 0.2) is 81.5 Å². The van der Waals surface area contributed by atoms with Gasteiger partial charge in [0, 0.05) is 48.7 Å². The summed E-state index contributed by atoms with van der Waals surface area (Å²) < 4.78 is 34.6. The number of rotatable bonds is 5. The Labute approximate surface area is 201 Å². The molecule has 0 unspecified atom stereocenters. The van der Waals surface area contributed by atoms with Crippen molar-refractivity contribution in [1.82, 2.24) is 19.7 Å². The summed E-state index contributed by atoms with van der Waals surface area (Å²) in [5, 5.41) is 3.73. The van der Waals surface area contributed by atoms with Gasteiger partial charge in [0.15, 0.2) is 5.58 Å². The van der Waals surface area contributed by atoms with Crippen molar-refractivity contribution in [2.24, 2.45) is 0 Å². The summed E-state index contributed by atoms with van der Waals surface area (Å²) >= 11 is 0. The van der Waals surface area contributed by atoms with Crippen LogP contribution in [0.5, 0.6) is 0 Å². The Morgan fingerprint density at radius 1 is 1.06 bits per heavy atom. The summed E-state index contributed by atoms with van der Waals surface area (Å²) in [6.07, 6.45) is 10.4. The first-order chi connectivity index (χ1) is 17.0. The molecule has 0 bridgehead atoms. The third-order valence-corrected chi connectivity index (χ3v) is 8.22. The average Bonchev–Trinajstić information content (AvgIpc) is 3.51. The number of sulfone groups is 1. The molecule has 1 amide bonds. The number of nitrogens with one attached hydrogen (secondary N) is 1. The smallest absolute Gasteiger partial charge is 0.254 e. The SMILES string of the molecule is O=C(NCc1ccc(S(=O)(=O)c2cccc3c4c(oc23)CCCC4)cc1)c1cnc2nccn2c1. The van der Waals surface area contributed by atoms with Crippen molar-refractivity contribution in [2.45, 2.75) is 42.0 Å². The second-order valence-corrected chi connectivity index (χ2v) is 10.6. The van der Waals surface area contributed by atoms with Gasteiger partial charge >= 0.3 is 0 Å². The van der Waals surface area contributed by atoms with Crippen LogP contribution in [0.2, 0.25) is 0 Å². The van der Waals surface area contributed by atoms with E-state index in [4.69, 9.17) is 4.42 Å². The molecule has 2 aromatic carbocycles. The zero-order chi connectivity index (χ0) is 24.0. The molecule has 0 saturated heterocycles. The van der Waals surface area contributed by atoms with E-state index >= 15 is 0 Å². The van der Waals surface area contributed by atoms with E-state index in [0.29, 0.717) is 16.9 Å². The van der Waals surface area contributed by atoms with Crippen molar-refractivity contribution >= 4 is 32.5 Å². The predicted octanol–water partition coefficient (Wildman–Crippen LogP) is 4.12. The number of hydrogen-bond donors (Lipinski definition) is 1. The Balaban J connectivity index is 1.22. The number of aromatic nitrogens is 3. The van der Waals surface area contributed by atoms with Gasteiger partial charge in [0.05, 0.1) is 10.5 Å². The van der Waals surface area contributed by atoms with E-state index in [0.717, 1.165) is 48.0 Å². The zero-order valence-corrected chi connectivity index (χ0v) is 19.6. The third kappa shape index (κ3) is 3.77. The fourth-order valence-corrected chi connectivity index (χ4v) is 6.00. The lowest BCUT2D eigenvalue weighted by atomic mass is 9.96. The minimum Gasteiger partial charge on any atom is -0.459 e. The first-order valence-electron chi connectivity index (χ1n) is 11.4. The van der Waals surface area contributed by atoms with Gasteiger partial charge in [-0.2, -0.15) is 0 Å². The highest BCUT2D eigenvalue weighted by Crippen LogP contribution is 2.36. The Hall–Kier alpha value is -3.98. The van der Waals surface area contributed by atoms with Gasteiger partial charge in [-0.1, -0.05) is 24.3 Å². The van der Waals surface area contributed by atoms with Gasteiger partial charge in [-0.3, -0.25) is 9.20 Å². The predicted molar refractivity (Wildman–Crippen MR) is 129 cm³/mol. The molecule has 0 saturated carbocycles. The van der Waals surface area contributed by atoms with Gasteiger partial charge in [0.2, 0.25) is 15.6 Å². The fraction of sp³-hybridized carbons (Fsp3) is 0.192.